The van der Waals surface area contributed by atoms with Crippen LogP contribution in [0.1, 0.15) is 36.8 Å². The highest BCUT2D eigenvalue weighted by atomic mass is 32.2. The van der Waals surface area contributed by atoms with Gasteiger partial charge in [-0.3, -0.25) is 4.90 Å². The Balaban J connectivity index is 1.33. The average molecular weight is 389 g/mol. The standard InChI is InChI=1S/C15H23N3O5S2/c19-24(20)8-3-14(11-24)25(21,22)18-6-4-17(5-7-18)10-13-9-16-15(23-13)12-1-2-12/h9,12,14H,1-8,10-11H2. The molecule has 4 rings (SSSR count). The number of piperazine rings is 1. The molecule has 1 saturated carbocycles. The van der Waals surface area contributed by atoms with Crippen LogP contribution in [0.3, 0.4) is 0 Å². The molecule has 1 aliphatic carbocycles. The number of nitrogens with zero attached hydrogens (tertiary/aromatic N) is 3. The van der Waals surface area contributed by atoms with E-state index in [0.29, 0.717) is 38.6 Å². The molecule has 0 aromatic carbocycles. The fourth-order valence-electron chi connectivity index (χ4n) is 3.48. The van der Waals surface area contributed by atoms with E-state index in [1.807, 2.05) is 0 Å². The third kappa shape index (κ3) is 3.76. The smallest absolute Gasteiger partial charge is 0.218 e. The summed E-state index contributed by atoms with van der Waals surface area (Å²) in [6.45, 7) is 2.63. The molecule has 1 unspecified atom stereocenters. The van der Waals surface area contributed by atoms with Crippen molar-refractivity contribution in [3.8, 4) is 0 Å². The van der Waals surface area contributed by atoms with E-state index in [4.69, 9.17) is 4.42 Å². The van der Waals surface area contributed by atoms with Gasteiger partial charge < -0.3 is 4.42 Å². The topological polar surface area (TPSA) is 101 Å². The summed E-state index contributed by atoms with van der Waals surface area (Å²) in [6.07, 6.45) is 4.27. The molecule has 10 heteroatoms. The van der Waals surface area contributed by atoms with E-state index in [1.54, 1.807) is 6.20 Å². The van der Waals surface area contributed by atoms with Gasteiger partial charge in [0.05, 0.1) is 29.5 Å². The molecule has 0 radical (unpaired) electrons. The van der Waals surface area contributed by atoms with Crippen LogP contribution in [0.2, 0.25) is 0 Å². The Morgan fingerprint density at radius 3 is 2.48 bits per heavy atom. The molecule has 0 spiro atoms. The second kappa shape index (κ2) is 6.33. The van der Waals surface area contributed by atoms with E-state index < -0.39 is 25.1 Å². The molecule has 25 heavy (non-hydrogen) atoms. The zero-order valence-corrected chi connectivity index (χ0v) is 15.6. The van der Waals surface area contributed by atoms with Gasteiger partial charge in [-0.2, -0.15) is 4.31 Å². The molecule has 1 aromatic rings. The Morgan fingerprint density at radius 2 is 1.88 bits per heavy atom. The van der Waals surface area contributed by atoms with Crippen LogP contribution in [0.4, 0.5) is 0 Å². The van der Waals surface area contributed by atoms with Gasteiger partial charge in [-0.25, -0.2) is 21.8 Å². The van der Waals surface area contributed by atoms with Crippen LogP contribution in [-0.4, -0.2) is 74.0 Å². The average Bonchev–Trinajstić information content (AvgIpc) is 3.20. The van der Waals surface area contributed by atoms with E-state index in [-0.39, 0.29) is 17.9 Å². The van der Waals surface area contributed by atoms with Gasteiger partial charge in [0, 0.05) is 32.1 Å². The summed E-state index contributed by atoms with van der Waals surface area (Å²) in [7, 11) is -6.74. The first-order chi connectivity index (χ1) is 11.8. The molecule has 8 nitrogen and oxygen atoms in total. The Kier molecular flexibility index (Phi) is 4.41. The van der Waals surface area contributed by atoms with E-state index in [2.05, 4.69) is 9.88 Å². The van der Waals surface area contributed by atoms with Crippen molar-refractivity contribution in [2.75, 3.05) is 37.7 Å². The maximum absolute atomic E-state index is 12.6. The molecule has 1 aromatic heterocycles. The normalized spacial score (nSPS) is 28.4. The SMILES string of the molecule is O=S1(=O)CCC(S(=O)(=O)N2CCN(Cc3cnc(C4CC4)o3)CC2)C1. The highest BCUT2D eigenvalue weighted by molar-refractivity contribution is 7.95. The molecule has 0 amide bonds. The van der Waals surface area contributed by atoms with Crippen LogP contribution >= 0.6 is 0 Å². The van der Waals surface area contributed by atoms with Gasteiger partial charge >= 0.3 is 0 Å². The van der Waals surface area contributed by atoms with Crippen LogP contribution in [0.15, 0.2) is 10.6 Å². The van der Waals surface area contributed by atoms with Gasteiger partial charge in [-0.05, 0) is 19.3 Å². The largest absolute Gasteiger partial charge is 0.444 e. The lowest BCUT2D eigenvalue weighted by Crippen LogP contribution is -2.50. The number of sulfone groups is 1. The maximum Gasteiger partial charge on any atom is 0.218 e. The minimum Gasteiger partial charge on any atom is -0.444 e. The highest BCUT2D eigenvalue weighted by Gasteiger charge is 2.41. The van der Waals surface area contributed by atoms with Gasteiger partial charge in [0.25, 0.3) is 0 Å². The van der Waals surface area contributed by atoms with Gasteiger partial charge in [-0.15, -0.1) is 0 Å². The molecule has 3 fully saturated rings. The second-order valence-electron chi connectivity index (χ2n) is 7.18. The molecular weight excluding hydrogens is 366 g/mol. The Hall–Kier alpha value is -0.970. The van der Waals surface area contributed by atoms with Crippen LogP contribution < -0.4 is 0 Å². The van der Waals surface area contributed by atoms with Gasteiger partial charge in [-0.1, -0.05) is 0 Å². The molecule has 0 N–H and O–H groups in total. The fraction of sp³-hybridized carbons (Fsp3) is 0.800. The third-order valence-corrected chi connectivity index (χ3v) is 9.49. The van der Waals surface area contributed by atoms with E-state index in [9.17, 15) is 16.8 Å². The number of hydrogen-bond donors (Lipinski definition) is 0. The first-order valence-electron chi connectivity index (χ1n) is 8.70. The lowest BCUT2D eigenvalue weighted by Gasteiger charge is -2.34. The minimum atomic E-state index is -3.54. The predicted octanol–water partition coefficient (Wildman–Crippen LogP) is 0.187. The number of rotatable bonds is 5. The summed E-state index contributed by atoms with van der Waals surface area (Å²) in [4.78, 5) is 6.45. The van der Waals surface area contributed by atoms with Crippen molar-refractivity contribution in [2.24, 2.45) is 0 Å². The van der Waals surface area contributed by atoms with Crippen molar-refractivity contribution >= 4 is 19.9 Å². The summed E-state index contributed by atoms with van der Waals surface area (Å²) in [5.41, 5.74) is 0. The summed E-state index contributed by atoms with van der Waals surface area (Å²) in [5.74, 6) is 1.86. The lowest BCUT2D eigenvalue weighted by molar-refractivity contribution is 0.169. The van der Waals surface area contributed by atoms with Crippen LogP contribution in [0.5, 0.6) is 0 Å². The maximum atomic E-state index is 12.6. The second-order valence-corrected chi connectivity index (χ2v) is 11.6. The van der Waals surface area contributed by atoms with Gasteiger partial charge in [0.1, 0.15) is 5.76 Å². The van der Waals surface area contributed by atoms with Crippen molar-refractivity contribution in [2.45, 2.75) is 37.0 Å². The molecule has 1 atom stereocenters. The van der Waals surface area contributed by atoms with Crippen molar-refractivity contribution in [3.63, 3.8) is 0 Å². The first-order valence-corrected chi connectivity index (χ1v) is 12.0. The molecule has 2 aliphatic heterocycles. The third-order valence-electron chi connectivity index (χ3n) is 5.18. The van der Waals surface area contributed by atoms with Crippen molar-refractivity contribution in [3.05, 3.63) is 17.8 Å². The molecule has 3 heterocycles. The van der Waals surface area contributed by atoms with Crippen LogP contribution in [-0.2, 0) is 26.4 Å². The monoisotopic (exact) mass is 389 g/mol. The Morgan fingerprint density at radius 1 is 1.16 bits per heavy atom. The zero-order chi connectivity index (χ0) is 17.7. The quantitative estimate of drug-likeness (QED) is 0.708. The zero-order valence-electron chi connectivity index (χ0n) is 14.0. The van der Waals surface area contributed by atoms with Crippen LogP contribution in [0, 0.1) is 0 Å². The van der Waals surface area contributed by atoms with E-state index in [0.717, 1.165) is 24.5 Å². The molecule has 3 aliphatic rings. The molecular formula is C15H23N3O5S2. The number of hydrogen-bond acceptors (Lipinski definition) is 7. The number of oxazole rings is 1. The van der Waals surface area contributed by atoms with Gasteiger partial charge in [0.2, 0.25) is 10.0 Å². The van der Waals surface area contributed by atoms with Crippen molar-refractivity contribution < 1.29 is 21.3 Å². The van der Waals surface area contributed by atoms with Crippen molar-refractivity contribution in [1.29, 1.82) is 0 Å². The number of sulfonamides is 1. The summed E-state index contributed by atoms with van der Waals surface area (Å²) in [5, 5.41) is -0.778. The lowest BCUT2D eigenvalue weighted by atomic mass is 10.3. The number of aromatic nitrogens is 1. The van der Waals surface area contributed by atoms with Crippen molar-refractivity contribution in [1.82, 2.24) is 14.2 Å². The van der Waals surface area contributed by atoms with Crippen LogP contribution in [0.25, 0.3) is 0 Å². The Labute approximate surface area is 148 Å². The first kappa shape index (κ1) is 17.4. The molecule has 0 bridgehead atoms. The highest BCUT2D eigenvalue weighted by Crippen LogP contribution is 2.39. The summed E-state index contributed by atoms with van der Waals surface area (Å²) < 4.78 is 55.6. The summed E-state index contributed by atoms with van der Waals surface area (Å²) >= 11 is 0. The van der Waals surface area contributed by atoms with E-state index >= 15 is 0 Å². The van der Waals surface area contributed by atoms with Gasteiger partial charge in [0.15, 0.2) is 15.7 Å². The molecule has 140 valence electrons. The summed E-state index contributed by atoms with van der Waals surface area (Å²) in [6, 6.07) is 0. The predicted molar refractivity (Wildman–Crippen MR) is 91.3 cm³/mol. The van der Waals surface area contributed by atoms with E-state index in [1.165, 1.54) is 4.31 Å². The Bertz CT molecular complexity index is 836. The minimum absolute atomic E-state index is 0.0221. The molecule has 2 saturated heterocycles. The fourth-order valence-corrected chi connectivity index (χ4v) is 8.00.